The zero-order valence-electron chi connectivity index (χ0n) is 15.7. The molecule has 2 atom stereocenters. The lowest BCUT2D eigenvalue weighted by Crippen LogP contribution is -2.57. The summed E-state index contributed by atoms with van der Waals surface area (Å²) in [5.41, 5.74) is 0.0438. The SMILES string of the molecule is CC(C)(C)OC(=O)N1CCN2C3=C(COC[C@H]2C1)NC(C)(C(=O)O)C=C3. The number of carboxylic acid groups (broad SMARTS) is 1. The Balaban J connectivity index is 1.74. The molecule has 2 N–H and O–H groups in total. The summed E-state index contributed by atoms with van der Waals surface area (Å²) >= 11 is 0. The number of carboxylic acids is 1. The Morgan fingerprint density at radius 3 is 2.77 bits per heavy atom. The van der Waals surface area contributed by atoms with Gasteiger partial charge in [-0.2, -0.15) is 0 Å². The van der Waals surface area contributed by atoms with E-state index < -0.39 is 17.1 Å². The fraction of sp³-hybridized carbons (Fsp3) is 0.667. The van der Waals surface area contributed by atoms with Crippen molar-refractivity contribution in [2.24, 2.45) is 0 Å². The van der Waals surface area contributed by atoms with Crippen molar-refractivity contribution in [2.75, 3.05) is 32.8 Å². The normalized spacial score (nSPS) is 28.7. The Morgan fingerprint density at radius 1 is 1.38 bits per heavy atom. The zero-order valence-corrected chi connectivity index (χ0v) is 15.7. The smallest absolute Gasteiger partial charge is 0.410 e. The molecule has 3 heterocycles. The van der Waals surface area contributed by atoms with Gasteiger partial charge in [0.25, 0.3) is 0 Å². The van der Waals surface area contributed by atoms with Crippen LogP contribution in [0.25, 0.3) is 0 Å². The van der Waals surface area contributed by atoms with E-state index in [1.807, 2.05) is 26.8 Å². The van der Waals surface area contributed by atoms with Crippen molar-refractivity contribution in [1.82, 2.24) is 15.1 Å². The maximum Gasteiger partial charge on any atom is 0.410 e. The van der Waals surface area contributed by atoms with Gasteiger partial charge in [-0.3, -0.25) is 0 Å². The highest BCUT2D eigenvalue weighted by Crippen LogP contribution is 2.28. The molecule has 1 fully saturated rings. The Morgan fingerprint density at radius 2 is 2.12 bits per heavy atom. The number of carbonyl (C=O) groups excluding carboxylic acids is 1. The number of hydrogen-bond acceptors (Lipinski definition) is 6. The van der Waals surface area contributed by atoms with Gasteiger partial charge in [0, 0.05) is 19.6 Å². The average Bonchev–Trinajstić information content (AvgIpc) is 2.71. The molecule has 0 aromatic carbocycles. The number of aliphatic carboxylic acids is 1. The second kappa shape index (κ2) is 6.50. The van der Waals surface area contributed by atoms with Crippen molar-refractivity contribution >= 4 is 12.1 Å². The first kappa shape index (κ1) is 18.6. The number of nitrogens with zero attached hydrogens (tertiary/aromatic N) is 2. The van der Waals surface area contributed by atoms with Gasteiger partial charge < -0.3 is 29.7 Å². The van der Waals surface area contributed by atoms with Crippen LogP contribution in [0.15, 0.2) is 23.5 Å². The summed E-state index contributed by atoms with van der Waals surface area (Å²) < 4.78 is 11.2. The molecular weight excluding hydrogens is 338 g/mol. The van der Waals surface area contributed by atoms with Crippen molar-refractivity contribution < 1.29 is 24.2 Å². The van der Waals surface area contributed by atoms with E-state index in [9.17, 15) is 14.7 Å². The van der Waals surface area contributed by atoms with Gasteiger partial charge in [0.2, 0.25) is 0 Å². The van der Waals surface area contributed by atoms with Gasteiger partial charge in [-0.05, 0) is 39.8 Å². The van der Waals surface area contributed by atoms with Crippen LogP contribution in [0.3, 0.4) is 0 Å². The van der Waals surface area contributed by atoms with E-state index in [2.05, 4.69) is 10.2 Å². The fourth-order valence-corrected chi connectivity index (χ4v) is 3.37. The highest BCUT2D eigenvalue weighted by atomic mass is 16.6. The second-order valence-corrected chi connectivity index (χ2v) is 8.12. The summed E-state index contributed by atoms with van der Waals surface area (Å²) in [6, 6.07) is 0.00408. The van der Waals surface area contributed by atoms with E-state index >= 15 is 0 Å². The number of fused-ring (bicyclic) bond motifs is 2. The number of amides is 1. The number of carbonyl (C=O) groups is 2. The van der Waals surface area contributed by atoms with Crippen molar-refractivity contribution in [2.45, 2.75) is 44.9 Å². The van der Waals surface area contributed by atoms with Gasteiger partial charge in [0.05, 0.1) is 30.6 Å². The molecule has 1 unspecified atom stereocenters. The summed E-state index contributed by atoms with van der Waals surface area (Å²) in [5, 5.41) is 12.5. The first-order chi connectivity index (χ1) is 12.1. The van der Waals surface area contributed by atoms with Gasteiger partial charge in [0.15, 0.2) is 5.54 Å². The Bertz CT molecular complexity index is 666. The molecule has 8 nitrogen and oxygen atoms in total. The number of ether oxygens (including phenoxy) is 2. The molecule has 8 heteroatoms. The Labute approximate surface area is 153 Å². The van der Waals surface area contributed by atoms with E-state index in [4.69, 9.17) is 9.47 Å². The molecule has 0 aliphatic carbocycles. The lowest BCUT2D eigenvalue weighted by molar-refractivity contribution is -0.141. The molecule has 0 aromatic heterocycles. The maximum atomic E-state index is 12.4. The lowest BCUT2D eigenvalue weighted by atomic mass is 9.96. The summed E-state index contributed by atoms with van der Waals surface area (Å²) in [7, 11) is 0. The molecule has 144 valence electrons. The summed E-state index contributed by atoms with van der Waals surface area (Å²) in [5.74, 6) is -0.934. The van der Waals surface area contributed by atoms with Crippen LogP contribution in [0, 0.1) is 0 Å². The van der Waals surface area contributed by atoms with Crippen LogP contribution in [0.1, 0.15) is 27.7 Å². The molecule has 26 heavy (non-hydrogen) atoms. The number of hydrogen-bond donors (Lipinski definition) is 2. The van der Waals surface area contributed by atoms with Gasteiger partial charge in [0.1, 0.15) is 5.60 Å². The largest absolute Gasteiger partial charge is 0.479 e. The van der Waals surface area contributed by atoms with Crippen LogP contribution in [-0.4, -0.2) is 77.0 Å². The molecule has 1 saturated heterocycles. The average molecular weight is 365 g/mol. The van der Waals surface area contributed by atoms with E-state index in [0.717, 1.165) is 11.4 Å². The zero-order chi connectivity index (χ0) is 19.1. The van der Waals surface area contributed by atoms with E-state index in [-0.39, 0.29) is 12.1 Å². The molecule has 0 saturated carbocycles. The van der Waals surface area contributed by atoms with Crippen molar-refractivity contribution in [3.8, 4) is 0 Å². The number of piperazine rings is 1. The van der Waals surface area contributed by atoms with Crippen LogP contribution in [0.2, 0.25) is 0 Å². The van der Waals surface area contributed by atoms with Crippen LogP contribution < -0.4 is 5.32 Å². The first-order valence-electron chi connectivity index (χ1n) is 8.85. The quantitative estimate of drug-likeness (QED) is 0.720. The van der Waals surface area contributed by atoms with Gasteiger partial charge >= 0.3 is 12.1 Å². The predicted octanol–water partition coefficient (Wildman–Crippen LogP) is 1.15. The minimum Gasteiger partial charge on any atom is -0.479 e. The van der Waals surface area contributed by atoms with Crippen molar-refractivity contribution in [3.63, 3.8) is 0 Å². The number of allylic oxidation sites excluding steroid dienone is 1. The molecule has 3 rings (SSSR count). The number of nitrogens with one attached hydrogen (secondary N) is 1. The number of dihydropyridines is 1. The van der Waals surface area contributed by atoms with Gasteiger partial charge in [-0.25, -0.2) is 9.59 Å². The predicted molar refractivity (Wildman–Crippen MR) is 94.5 cm³/mol. The standard InChI is InChI=1S/C18H27N3O5/c1-17(2,3)26-16(24)20-7-8-21-12(9-20)10-25-11-13-14(21)5-6-18(4,19-13)15(22)23/h5-6,12,19H,7-11H2,1-4H3,(H,22,23)/t12-,18?/m1/s1. The summed E-state index contributed by atoms with van der Waals surface area (Å²) in [4.78, 5) is 27.8. The van der Waals surface area contributed by atoms with Crippen LogP contribution >= 0.6 is 0 Å². The van der Waals surface area contributed by atoms with Crippen molar-refractivity contribution in [3.05, 3.63) is 23.5 Å². The summed E-state index contributed by atoms with van der Waals surface area (Å²) in [6.45, 7) is 9.66. The number of rotatable bonds is 1. The lowest BCUT2D eigenvalue weighted by Gasteiger charge is -2.43. The highest BCUT2D eigenvalue weighted by molar-refractivity contribution is 5.82. The maximum absolute atomic E-state index is 12.4. The molecule has 3 aliphatic heterocycles. The van der Waals surface area contributed by atoms with Crippen LogP contribution in [-0.2, 0) is 14.3 Å². The highest BCUT2D eigenvalue weighted by Gasteiger charge is 2.39. The molecule has 3 aliphatic rings. The Kier molecular flexibility index (Phi) is 4.64. The minimum absolute atomic E-state index is 0.00408. The topological polar surface area (TPSA) is 91.3 Å². The van der Waals surface area contributed by atoms with E-state index in [1.54, 1.807) is 17.9 Å². The summed E-state index contributed by atoms with van der Waals surface area (Å²) in [6.07, 6.45) is 3.20. The third-order valence-corrected chi connectivity index (χ3v) is 4.74. The van der Waals surface area contributed by atoms with Gasteiger partial charge in [-0.1, -0.05) is 0 Å². The monoisotopic (exact) mass is 365 g/mol. The van der Waals surface area contributed by atoms with Crippen molar-refractivity contribution in [1.29, 1.82) is 0 Å². The molecular formula is C18H27N3O5. The molecule has 0 bridgehead atoms. The minimum atomic E-state index is -1.14. The van der Waals surface area contributed by atoms with E-state index in [1.165, 1.54) is 0 Å². The fourth-order valence-electron chi connectivity index (χ4n) is 3.37. The molecule has 0 aromatic rings. The molecule has 1 amide bonds. The first-order valence-corrected chi connectivity index (χ1v) is 8.85. The third-order valence-electron chi connectivity index (χ3n) is 4.74. The second-order valence-electron chi connectivity index (χ2n) is 8.12. The van der Waals surface area contributed by atoms with E-state index in [0.29, 0.717) is 32.8 Å². The Hall–Kier alpha value is -2.22. The van der Waals surface area contributed by atoms with Gasteiger partial charge in [-0.15, -0.1) is 0 Å². The molecule has 0 radical (unpaired) electrons. The van der Waals surface area contributed by atoms with Crippen LogP contribution in [0.5, 0.6) is 0 Å². The van der Waals surface area contributed by atoms with Crippen LogP contribution in [0.4, 0.5) is 4.79 Å². The third kappa shape index (κ3) is 3.65. The molecule has 0 spiro atoms.